The summed E-state index contributed by atoms with van der Waals surface area (Å²) in [5, 5.41) is 0.418. The molecule has 2 aromatic rings. The molecule has 1 amide bonds. The zero-order valence-corrected chi connectivity index (χ0v) is 16.3. The Labute approximate surface area is 165 Å². The minimum absolute atomic E-state index is 0.0925. The van der Waals surface area contributed by atoms with E-state index in [4.69, 9.17) is 28.6 Å². The minimum Gasteiger partial charge on any atom is -0.487 e. The fourth-order valence-electron chi connectivity index (χ4n) is 2.44. The molecule has 134 valence electrons. The molecular formula is C19H15ClFNO2S2. The van der Waals surface area contributed by atoms with Gasteiger partial charge in [0.2, 0.25) is 0 Å². The van der Waals surface area contributed by atoms with Crippen LogP contribution in [0.5, 0.6) is 5.75 Å². The van der Waals surface area contributed by atoms with Gasteiger partial charge in [0, 0.05) is 6.54 Å². The maximum atomic E-state index is 13.2. The number of amides is 1. The zero-order chi connectivity index (χ0) is 18.7. The summed E-state index contributed by atoms with van der Waals surface area (Å²) in [5.74, 6) is 0.0937. The molecule has 3 rings (SSSR count). The van der Waals surface area contributed by atoms with Gasteiger partial charge in [0.1, 0.15) is 22.5 Å². The molecule has 0 saturated carbocycles. The molecule has 0 aliphatic carbocycles. The Balaban J connectivity index is 1.73. The van der Waals surface area contributed by atoms with Crippen molar-refractivity contribution in [3.8, 4) is 5.75 Å². The Bertz CT molecular complexity index is 901. The van der Waals surface area contributed by atoms with E-state index in [9.17, 15) is 9.18 Å². The lowest BCUT2D eigenvalue weighted by molar-refractivity contribution is -0.121. The SMILES string of the molecule is CCN1C(=O)C(=Cc2ccc(OCc3cccc(F)c3)c(Cl)c2)SC1=S. The van der Waals surface area contributed by atoms with Crippen molar-refractivity contribution in [3.05, 3.63) is 69.3 Å². The average molecular weight is 408 g/mol. The van der Waals surface area contributed by atoms with E-state index in [2.05, 4.69) is 0 Å². The van der Waals surface area contributed by atoms with Gasteiger partial charge in [-0.1, -0.05) is 53.8 Å². The van der Waals surface area contributed by atoms with E-state index in [0.717, 1.165) is 5.56 Å². The van der Waals surface area contributed by atoms with Crippen LogP contribution in [-0.4, -0.2) is 21.7 Å². The first kappa shape index (κ1) is 18.9. The van der Waals surface area contributed by atoms with Crippen molar-refractivity contribution in [2.24, 2.45) is 0 Å². The number of carbonyl (C=O) groups excluding carboxylic acids is 1. The van der Waals surface area contributed by atoms with Gasteiger partial charge in [0.25, 0.3) is 5.91 Å². The van der Waals surface area contributed by atoms with Crippen LogP contribution >= 0.6 is 35.6 Å². The number of rotatable bonds is 5. The van der Waals surface area contributed by atoms with Crippen LogP contribution in [0.2, 0.25) is 5.02 Å². The number of ether oxygens (including phenoxy) is 1. The summed E-state index contributed by atoms with van der Waals surface area (Å²) in [4.78, 5) is 14.4. The minimum atomic E-state index is -0.308. The van der Waals surface area contributed by atoms with Gasteiger partial charge >= 0.3 is 0 Å². The molecule has 0 N–H and O–H groups in total. The second-order valence-electron chi connectivity index (χ2n) is 5.53. The summed E-state index contributed by atoms with van der Waals surface area (Å²) in [5.41, 5.74) is 1.50. The van der Waals surface area contributed by atoms with E-state index < -0.39 is 0 Å². The molecule has 7 heteroatoms. The van der Waals surface area contributed by atoms with Crippen molar-refractivity contribution in [2.75, 3.05) is 6.54 Å². The van der Waals surface area contributed by atoms with Crippen LogP contribution in [0, 0.1) is 5.82 Å². The first-order valence-corrected chi connectivity index (χ1v) is 9.50. The summed E-state index contributed by atoms with van der Waals surface area (Å²) in [6, 6.07) is 11.5. The highest BCUT2D eigenvalue weighted by atomic mass is 35.5. The smallest absolute Gasteiger partial charge is 0.266 e. The molecule has 3 nitrogen and oxygen atoms in total. The van der Waals surface area contributed by atoms with Gasteiger partial charge in [-0.05, 0) is 48.4 Å². The molecule has 1 aliphatic rings. The fourth-order valence-corrected chi connectivity index (χ4v) is 4.06. The van der Waals surface area contributed by atoms with Crippen LogP contribution < -0.4 is 4.74 Å². The highest BCUT2D eigenvalue weighted by Gasteiger charge is 2.30. The Morgan fingerprint density at radius 1 is 1.31 bits per heavy atom. The normalized spacial score (nSPS) is 15.8. The van der Waals surface area contributed by atoms with Gasteiger partial charge < -0.3 is 4.74 Å². The van der Waals surface area contributed by atoms with Crippen LogP contribution in [-0.2, 0) is 11.4 Å². The summed E-state index contributed by atoms with van der Waals surface area (Å²) < 4.78 is 19.4. The van der Waals surface area contributed by atoms with E-state index in [-0.39, 0.29) is 18.3 Å². The Kier molecular flexibility index (Phi) is 5.96. The van der Waals surface area contributed by atoms with E-state index in [0.29, 0.717) is 32.1 Å². The lowest BCUT2D eigenvalue weighted by Gasteiger charge is -2.10. The monoisotopic (exact) mass is 407 g/mol. The third kappa shape index (κ3) is 4.26. The lowest BCUT2D eigenvalue weighted by Crippen LogP contribution is -2.27. The van der Waals surface area contributed by atoms with Crippen molar-refractivity contribution in [1.82, 2.24) is 4.90 Å². The Hall–Kier alpha value is -1.89. The van der Waals surface area contributed by atoms with Crippen molar-refractivity contribution in [2.45, 2.75) is 13.5 Å². The highest BCUT2D eigenvalue weighted by Crippen LogP contribution is 2.34. The van der Waals surface area contributed by atoms with Crippen molar-refractivity contribution in [1.29, 1.82) is 0 Å². The van der Waals surface area contributed by atoms with Gasteiger partial charge in [-0.15, -0.1) is 0 Å². The first-order valence-electron chi connectivity index (χ1n) is 7.90. The number of carbonyl (C=O) groups is 1. The number of hydrogen-bond donors (Lipinski definition) is 0. The molecule has 0 unspecified atom stereocenters. The van der Waals surface area contributed by atoms with E-state index in [1.807, 2.05) is 13.0 Å². The summed E-state index contributed by atoms with van der Waals surface area (Å²) in [7, 11) is 0. The number of nitrogens with zero attached hydrogens (tertiary/aromatic N) is 1. The maximum absolute atomic E-state index is 13.2. The topological polar surface area (TPSA) is 29.5 Å². The van der Waals surface area contributed by atoms with Crippen LogP contribution in [0.4, 0.5) is 4.39 Å². The van der Waals surface area contributed by atoms with E-state index >= 15 is 0 Å². The van der Waals surface area contributed by atoms with Crippen LogP contribution in [0.1, 0.15) is 18.1 Å². The molecule has 0 radical (unpaired) electrons. The molecule has 1 heterocycles. The Morgan fingerprint density at radius 3 is 2.77 bits per heavy atom. The number of halogens is 2. The number of benzene rings is 2. The van der Waals surface area contributed by atoms with Crippen LogP contribution in [0.3, 0.4) is 0 Å². The third-order valence-electron chi connectivity index (χ3n) is 3.73. The zero-order valence-electron chi connectivity index (χ0n) is 13.9. The average Bonchev–Trinajstić information content (AvgIpc) is 2.87. The molecule has 1 saturated heterocycles. The van der Waals surface area contributed by atoms with Gasteiger partial charge in [-0.25, -0.2) is 4.39 Å². The molecular weight excluding hydrogens is 393 g/mol. The molecule has 1 fully saturated rings. The number of hydrogen-bond acceptors (Lipinski definition) is 4. The predicted molar refractivity (Wildman–Crippen MR) is 108 cm³/mol. The van der Waals surface area contributed by atoms with E-state index in [1.54, 1.807) is 35.2 Å². The molecule has 2 aromatic carbocycles. The van der Waals surface area contributed by atoms with Crippen molar-refractivity contribution < 1.29 is 13.9 Å². The molecule has 0 bridgehead atoms. The summed E-state index contributed by atoms with van der Waals surface area (Å²) in [6.07, 6.45) is 1.76. The summed E-state index contributed by atoms with van der Waals surface area (Å²) in [6.45, 7) is 2.65. The Morgan fingerprint density at radius 2 is 2.12 bits per heavy atom. The second kappa shape index (κ2) is 8.20. The van der Waals surface area contributed by atoms with Crippen molar-refractivity contribution >= 4 is 51.9 Å². The van der Waals surface area contributed by atoms with Gasteiger partial charge in [0.15, 0.2) is 0 Å². The summed E-state index contributed by atoms with van der Waals surface area (Å²) >= 11 is 12.8. The molecule has 0 spiro atoms. The molecule has 26 heavy (non-hydrogen) atoms. The third-order valence-corrected chi connectivity index (χ3v) is 5.40. The quantitative estimate of drug-likeness (QED) is 0.498. The van der Waals surface area contributed by atoms with Gasteiger partial charge in [-0.2, -0.15) is 0 Å². The van der Waals surface area contributed by atoms with Gasteiger partial charge in [0.05, 0.1) is 9.93 Å². The predicted octanol–water partition coefficient (Wildman–Crippen LogP) is 5.28. The first-order chi connectivity index (χ1) is 12.5. The molecule has 1 aliphatic heterocycles. The maximum Gasteiger partial charge on any atom is 0.266 e. The van der Waals surface area contributed by atoms with Crippen LogP contribution in [0.15, 0.2) is 47.4 Å². The molecule has 0 aromatic heterocycles. The second-order valence-corrected chi connectivity index (χ2v) is 7.62. The number of thioether (sulfide) groups is 1. The highest BCUT2D eigenvalue weighted by molar-refractivity contribution is 8.26. The standard InChI is InChI=1S/C19H15ClFNO2S2/c1-2-22-18(23)17(26-19(22)25)10-12-6-7-16(15(20)9-12)24-11-13-4-3-5-14(21)8-13/h3-10H,2,11H2,1H3. The lowest BCUT2D eigenvalue weighted by atomic mass is 10.2. The largest absolute Gasteiger partial charge is 0.487 e. The fraction of sp³-hybridized carbons (Fsp3) is 0.158. The van der Waals surface area contributed by atoms with E-state index in [1.165, 1.54) is 23.9 Å². The number of likely N-dealkylation sites (N-methyl/N-ethyl adjacent to an activating group) is 1. The van der Waals surface area contributed by atoms with Crippen LogP contribution in [0.25, 0.3) is 6.08 Å². The van der Waals surface area contributed by atoms with Crippen molar-refractivity contribution in [3.63, 3.8) is 0 Å². The molecule has 0 atom stereocenters. The number of thiocarbonyl (C=S) groups is 1. The van der Waals surface area contributed by atoms with Gasteiger partial charge in [-0.3, -0.25) is 9.69 Å².